The van der Waals surface area contributed by atoms with Crippen LogP contribution in [0.4, 0.5) is 5.95 Å². The molecule has 1 aromatic heterocycles. The van der Waals surface area contributed by atoms with Gasteiger partial charge in [-0.15, -0.1) is 0 Å². The summed E-state index contributed by atoms with van der Waals surface area (Å²) in [6.07, 6.45) is 5.29. The van der Waals surface area contributed by atoms with E-state index in [1.54, 1.807) is 31.1 Å². The Morgan fingerprint density at radius 3 is 2.67 bits per heavy atom. The van der Waals surface area contributed by atoms with Crippen molar-refractivity contribution < 1.29 is 5.11 Å². The molecule has 0 radical (unpaired) electrons. The van der Waals surface area contributed by atoms with E-state index >= 15 is 0 Å². The number of thioether (sulfide) groups is 1. The molecule has 1 rings (SSSR count). The minimum Gasteiger partial charge on any atom is -0.387 e. The van der Waals surface area contributed by atoms with E-state index in [4.69, 9.17) is 0 Å². The first-order chi connectivity index (χ1) is 7.03. The molecule has 1 heterocycles. The first-order valence-electron chi connectivity index (χ1n) is 4.46. The highest BCUT2D eigenvalue weighted by Crippen LogP contribution is 2.12. The lowest BCUT2D eigenvalue weighted by Gasteiger charge is -2.22. The van der Waals surface area contributed by atoms with Gasteiger partial charge >= 0.3 is 0 Å². The van der Waals surface area contributed by atoms with Gasteiger partial charge in [0.2, 0.25) is 5.95 Å². The van der Waals surface area contributed by atoms with Gasteiger partial charge in [0.25, 0.3) is 0 Å². The zero-order chi connectivity index (χ0) is 11.3. The molecule has 15 heavy (non-hydrogen) atoms. The normalized spacial score (nSPS) is 14.7. The monoisotopic (exact) mass is 291 g/mol. The Balaban J connectivity index is 2.46. The number of aromatic nitrogens is 2. The summed E-state index contributed by atoms with van der Waals surface area (Å²) in [4.78, 5) is 8.11. The molecule has 0 saturated carbocycles. The van der Waals surface area contributed by atoms with Crippen LogP contribution >= 0.6 is 27.7 Å². The average molecular weight is 292 g/mol. The number of rotatable bonds is 5. The van der Waals surface area contributed by atoms with Gasteiger partial charge in [-0.25, -0.2) is 9.97 Å². The maximum Gasteiger partial charge on any atom is 0.222 e. The first kappa shape index (κ1) is 12.7. The number of hydrogen-bond acceptors (Lipinski definition) is 5. The minimum atomic E-state index is -0.740. The molecule has 0 aromatic carbocycles. The van der Waals surface area contributed by atoms with E-state index in [0.29, 0.717) is 18.2 Å². The number of nitrogens with one attached hydrogen (secondary N) is 1. The maximum absolute atomic E-state index is 9.88. The predicted molar refractivity (Wildman–Crippen MR) is 67.2 cm³/mol. The lowest BCUT2D eigenvalue weighted by Crippen LogP contribution is -2.36. The van der Waals surface area contributed by atoms with Gasteiger partial charge in [-0.3, -0.25) is 0 Å². The summed E-state index contributed by atoms with van der Waals surface area (Å²) in [5.74, 6) is 1.20. The predicted octanol–water partition coefficient (Wildman–Crippen LogP) is 1.76. The van der Waals surface area contributed by atoms with Crippen molar-refractivity contribution >= 4 is 33.6 Å². The fourth-order valence-electron chi connectivity index (χ4n) is 1.04. The van der Waals surface area contributed by atoms with Crippen LogP contribution in [-0.2, 0) is 0 Å². The van der Waals surface area contributed by atoms with E-state index in [1.807, 2.05) is 6.26 Å². The molecular formula is C9H14BrN3OS. The molecule has 0 aliphatic rings. The van der Waals surface area contributed by atoms with Crippen molar-refractivity contribution in [3.8, 4) is 0 Å². The van der Waals surface area contributed by atoms with Crippen molar-refractivity contribution in [2.75, 3.05) is 23.9 Å². The summed E-state index contributed by atoms with van der Waals surface area (Å²) in [5, 5.41) is 12.9. The summed E-state index contributed by atoms with van der Waals surface area (Å²) >= 11 is 4.86. The van der Waals surface area contributed by atoms with Gasteiger partial charge in [-0.1, -0.05) is 0 Å². The lowest BCUT2D eigenvalue weighted by atomic mass is 10.1. The maximum atomic E-state index is 9.88. The Kier molecular flexibility index (Phi) is 4.82. The van der Waals surface area contributed by atoms with Gasteiger partial charge in [0.05, 0.1) is 10.1 Å². The SMILES string of the molecule is CSC[C@@](C)(O)CNc1ncc(Br)cn1. The number of hydrogen-bond donors (Lipinski definition) is 2. The van der Waals surface area contributed by atoms with Crippen LogP contribution in [0.25, 0.3) is 0 Å². The van der Waals surface area contributed by atoms with Crippen LogP contribution in [0, 0.1) is 0 Å². The third kappa shape index (κ3) is 4.81. The van der Waals surface area contributed by atoms with Gasteiger partial charge in [0, 0.05) is 24.7 Å². The second-order valence-corrected chi connectivity index (χ2v) is 5.29. The largest absolute Gasteiger partial charge is 0.387 e. The molecule has 6 heteroatoms. The summed E-state index contributed by atoms with van der Waals surface area (Å²) in [6, 6.07) is 0. The molecule has 0 bridgehead atoms. The van der Waals surface area contributed by atoms with Crippen molar-refractivity contribution in [3.05, 3.63) is 16.9 Å². The molecule has 0 saturated heterocycles. The molecule has 1 atom stereocenters. The Hall–Kier alpha value is -0.330. The van der Waals surface area contributed by atoms with Crippen LogP contribution in [0.15, 0.2) is 16.9 Å². The van der Waals surface area contributed by atoms with Gasteiger partial charge in [0.1, 0.15) is 0 Å². The van der Waals surface area contributed by atoms with E-state index < -0.39 is 5.60 Å². The molecule has 84 valence electrons. The first-order valence-corrected chi connectivity index (χ1v) is 6.65. The fourth-order valence-corrected chi connectivity index (χ4v) is 1.96. The smallest absolute Gasteiger partial charge is 0.222 e. The van der Waals surface area contributed by atoms with Crippen LogP contribution in [-0.4, -0.2) is 39.2 Å². The van der Waals surface area contributed by atoms with E-state index in [9.17, 15) is 5.11 Å². The Morgan fingerprint density at radius 1 is 1.53 bits per heavy atom. The number of aliphatic hydroxyl groups is 1. The number of nitrogens with zero attached hydrogens (tertiary/aromatic N) is 2. The zero-order valence-electron chi connectivity index (χ0n) is 8.70. The van der Waals surface area contributed by atoms with Crippen LogP contribution in [0.3, 0.4) is 0 Å². The average Bonchev–Trinajstić information content (AvgIpc) is 2.17. The summed E-state index contributed by atoms with van der Waals surface area (Å²) in [5.41, 5.74) is -0.740. The van der Waals surface area contributed by atoms with E-state index in [1.165, 1.54) is 0 Å². The summed E-state index contributed by atoms with van der Waals surface area (Å²) in [7, 11) is 0. The van der Waals surface area contributed by atoms with Crippen molar-refractivity contribution in [2.24, 2.45) is 0 Å². The number of halogens is 1. The Morgan fingerprint density at radius 2 is 2.13 bits per heavy atom. The van der Waals surface area contributed by atoms with E-state index in [0.717, 1.165) is 4.47 Å². The fraction of sp³-hybridized carbons (Fsp3) is 0.556. The lowest BCUT2D eigenvalue weighted by molar-refractivity contribution is 0.0995. The molecular weight excluding hydrogens is 278 g/mol. The van der Waals surface area contributed by atoms with Crippen molar-refractivity contribution in [3.63, 3.8) is 0 Å². The quantitative estimate of drug-likeness (QED) is 0.866. The molecule has 4 nitrogen and oxygen atoms in total. The highest BCUT2D eigenvalue weighted by molar-refractivity contribution is 9.10. The second kappa shape index (κ2) is 5.67. The van der Waals surface area contributed by atoms with Crippen LogP contribution < -0.4 is 5.32 Å². The van der Waals surface area contributed by atoms with Crippen molar-refractivity contribution in [2.45, 2.75) is 12.5 Å². The summed E-state index contributed by atoms with van der Waals surface area (Å²) in [6.45, 7) is 2.23. The highest BCUT2D eigenvalue weighted by Gasteiger charge is 2.19. The molecule has 1 aromatic rings. The Labute approximate surface area is 102 Å². The van der Waals surface area contributed by atoms with Gasteiger partial charge in [-0.05, 0) is 29.1 Å². The molecule has 0 spiro atoms. The van der Waals surface area contributed by atoms with Crippen LogP contribution in [0.2, 0.25) is 0 Å². The van der Waals surface area contributed by atoms with Crippen LogP contribution in [0.1, 0.15) is 6.92 Å². The van der Waals surface area contributed by atoms with Crippen molar-refractivity contribution in [1.29, 1.82) is 0 Å². The molecule has 2 N–H and O–H groups in total. The van der Waals surface area contributed by atoms with E-state index in [-0.39, 0.29) is 0 Å². The molecule has 0 amide bonds. The van der Waals surface area contributed by atoms with Crippen LogP contribution in [0.5, 0.6) is 0 Å². The Bertz CT molecular complexity index is 305. The minimum absolute atomic E-state index is 0.440. The van der Waals surface area contributed by atoms with Gasteiger partial charge < -0.3 is 10.4 Å². The molecule has 0 unspecified atom stereocenters. The van der Waals surface area contributed by atoms with Crippen molar-refractivity contribution in [1.82, 2.24) is 9.97 Å². The van der Waals surface area contributed by atoms with Gasteiger partial charge in [-0.2, -0.15) is 11.8 Å². The number of anilines is 1. The topological polar surface area (TPSA) is 58.0 Å². The third-order valence-electron chi connectivity index (χ3n) is 1.70. The third-order valence-corrected chi connectivity index (χ3v) is 3.02. The zero-order valence-corrected chi connectivity index (χ0v) is 11.1. The molecule has 0 aliphatic heterocycles. The summed E-state index contributed by atoms with van der Waals surface area (Å²) < 4.78 is 0.837. The van der Waals surface area contributed by atoms with Gasteiger partial charge in [0.15, 0.2) is 0 Å². The highest BCUT2D eigenvalue weighted by atomic mass is 79.9. The standard InChI is InChI=1S/C9H14BrN3OS/c1-9(14,6-15-2)5-13-8-11-3-7(10)4-12-8/h3-4,14H,5-6H2,1-2H3,(H,11,12,13)/t9-/m0/s1. The van der Waals surface area contributed by atoms with E-state index in [2.05, 4.69) is 31.2 Å². The molecule has 0 aliphatic carbocycles. The second-order valence-electron chi connectivity index (χ2n) is 3.51. The molecule has 0 fully saturated rings.